The molecule has 0 unspecified atom stereocenters. The Morgan fingerprint density at radius 1 is 1.44 bits per heavy atom. The Bertz CT molecular complexity index is 198. The number of nitrogens with two attached hydrogens (primary N) is 1. The third kappa shape index (κ3) is 1.44. The third-order valence-electron chi connectivity index (χ3n) is 1.04. The number of benzene rings is 1. The zero-order chi connectivity index (χ0) is 6.69. The molecule has 0 spiro atoms. The lowest BCUT2D eigenvalue weighted by atomic mass is 10.2. The van der Waals surface area contributed by atoms with Crippen LogP contribution >= 0.6 is 0 Å². The summed E-state index contributed by atoms with van der Waals surface area (Å²) >= 11 is 0. The molecule has 0 heterocycles. The van der Waals surface area contributed by atoms with Crippen molar-refractivity contribution in [2.45, 2.75) is 0 Å². The molecule has 0 radical (unpaired) electrons. The monoisotopic (exact) mass is 124 g/mol. The molecular weight excluding hydrogens is 117 g/mol. The summed E-state index contributed by atoms with van der Waals surface area (Å²) < 4.78 is 12.3. The largest absolute Gasteiger partial charge is 0.360 e. The summed E-state index contributed by atoms with van der Waals surface area (Å²) in [5, 5.41) is 0. The average molecular weight is 124 g/mol. The molecule has 1 aromatic carbocycles. The first-order chi connectivity index (χ1) is 4.33. The molecule has 0 saturated carbocycles. The van der Waals surface area contributed by atoms with Gasteiger partial charge in [-0.3, -0.25) is 0 Å². The minimum Gasteiger partial charge on any atom is -0.360 e. The maximum Gasteiger partial charge on any atom is 0.0678 e. The molecule has 0 aliphatic rings. The normalized spacial score (nSPS) is 9.11. The van der Waals surface area contributed by atoms with Crippen molar-refractivity contribution in [3.05, 3.63) is 42.2 Å². The Kier molecular flexibility index (Phi) is 1.70. The highest BCUT2D eigenvalue weighted by Gasteiger charge is 1.80. The molecule has 1 aromatic rings. The predicted octanol–water partition coefficient (Wildman–Crippen LogP) is 1.29. The maximum atomic E-state index is 12.3. The van der Waals surface area contributed by atoms with Crippen LogP contribution in [-0.2, 0) is 0 Å². The Morgan fingerprint density at radius 2 is 2.22 bits per heavy atom. The highest BCUT2D eigenvalue weighted by Crippen LogP contribution is 2.01. The SMILES string of the molecule is N[CH-]c1cccc(F)c1. The summed E-state index contributed by atoms with van der Waals surface area (Å²) in [6.07, 6.45) is 0. The second-order valence-corrected chi connectivity index (χ2v) is 1.72. The van der Waals surface area contributed by atoms with E-state index >= 15 is 0 Å². The predicted molar refractivity (Wildman–Crippen MR) is 34.0 cm³/mol. The van der Waals surface area contributed by atoms with Crippen LogP contribution in [0.4, 0.5) is 4.39 Å². The summed E-state index contributed by atoms with van der Waals surface area (Å²) in [4.78, 5) is 0. The van der Waals surface area contributed by atoms with E-state index in [1.54, 1.807) is 12.1 Å². The van der Waals surface area contributed by atoms with E-state index in [0.717, 1.165) is 0 Å². The highest BCUT2D eigenvalue weighted by atomic mass is 19.1. The van der Waals surface area contributed by atoms with Gasteiger partial charge in [0.1, 0.15) is 0 Å². The van der Waals surface area contributed by atoms with E-state index in [9.17, 15) is 4.39 Å². The molecule has 2 heteroatoms. The lowest BCUT2D eigenvalue weighted by molar-refractivity contribution is 0.627. The van der Waals surface area contributed by atoms with Crippen molar-refractivity contribution in [2.24, 2.45) is 5.73 Å². The van der Waals surface area contributed by atoms with Crippen LogP contribution in [0, 0.1) is 12.4 Å². The first-order valence-corrected chi connectivity index (χ1v) is 2.63. The van der Waals surface area contributed by atoms with Gasteiger partial charge in [-0.25, -0.2) is 4.39 Å². The molecule has 48 valence electrons. The van der Waals surface area contributed by atoms with E-state index in [2.05, 4.69) is 0 Å². The van der Waals surface area contributed by atoms with Gasteiger partial charge in [-0.15, -0.1) is 18.7 Å². The number of rotatable bonds is 1. The minimum atomic E-state index is -0.255. The van der Waals surface area contributed by atoms with Gasteiger partial charge in [0.25, 0.3) is 0 Å². The molecule has 2 N–H and O–H groups in total. The molecule has 9 heavy (non-hydrogen) atoms. The van der Waals surface area contributed by atoms with E-state index in [1.165, 1.54) is 18.7 Å². The van der Waals surface area contributed by atoms with Gasteiger partial charge < -0.3 is 5.73 Å². The van der Waals surface area contributed by atoms with E-state index < -0.39 is 0 Å². The molecule has 0 bridgehead atoms. The minimum absolute atomic E-state index is 0.255. The van der Waals surface area contributed by atoms with Crippen LogP contribution in [0.3, 0.4) is 0 Å². The molecule has 0 amide bonds. The van der Waals surface area contributed by atoms with Crippen molar-refractivity contribution in [2.75, 3.05) is 0 Å². The smallest absolute Gasteiger partial charge is 0.0678 e. The third-order valence-corrected chi connectivity index (χ3v) is 1.04. The van der Waals surface area contributed by atoms with Crippen LogP contribution in [0.2, 0.25) is 0 Å². The fourth-order valence-corrected chi connectivity index (χ4v) is 0.610. The molecule has 0 aliphatic carbocycles. The van der Waals surface area contributed by atoms with E-state index in [0.29, 0.717) is 5.56 Å². The van der Waals surface area contributed by atoms with Crippen molar-refractivity contribution in [1.29, 1.82) is 0 Å². The quantitative estimate of drug-likeness (QED) is 0.561. The molecule has 1 nitrogen and oxygen atoms in total. The molecule has 0 aliphatic heterocycles. The lowest BCUT2D eigenvalue weighted by Gasteiger charge is -2.03. The summed E-state index contributed by atoms with van der Waals surface area (Å²) in [6.45, 7) is 1.36. The number of hydrogen-bond acceptors (Lipinski definition) is 1. The Labute approximate surface area is 53.3 Å². The number of hydrogen-bond donors (Lipinski definition) is 1. The fourth-order valence-electron chi connectivity index (χ4n) is 0.610. The zero-order valence-corrected chi connectivity index (χ0v) is 4.84. The van der Waals surface area contributed by atoms with Crippen LogP contribution in [0.5, 0.6) is 0 Å². The Hall–Kier alpha value is -1.02. The van der Waals surface area contributed by atoms with Gasteiger partial charge >= 0.3 is 0 Å². The van der Waals surface area contributed by atoms with Crippen molar-refractivity contribution >= 4 is 0 Å². The summed E-state index contributed by atoms with van der Waals surface area (Å²) in [6, 6.07) is 6.12. The first-order valence-electron chi connectivity index (χ1n) is 2.63. The standard InChI is InChI=1S/C7H7FN/c8-7-3-1-2-6(4-7)5-9/h1-5H,9H2/q-1. The van der Waals surface area contributed by atoms with Crippen molar-refractivity contribution < 1.29 is 4.39 Å². The first kappa shape index (κ1) is 6.11. The molecule has 0 saturated heterocycles. The highest BCUT2D eigenvalue weighted by molar-refractivity contribution is 5.21. The number of halogens is 1. The van der Waals surface area contributed by atoms with Crippen LogP contribution in [0.25, 0.3) is 0 Å². The fraction of sp³-hybridized carbons (Fsp3) is 0. The zero-order valence-electron chi connectivity index (χ0n) is 4.84. The van der Waals surface area contributed by atoms with Gasteiger partial charge in [0.15, 0.2) is 0 Å². The summed E-state index contributed by atoms with van der Waals surface area (Å²) in [5.74, 6) is -0.255. The van der Waals surface area contributed by atoms with Gasteiger partial charge in [-0.1, -0.05) is 6.07 Å². The molecule has 1 rings (SSSR count). The van der Waals surface area contributed by atoms with Crippen LogP contribution in [0.15, 0.2) is 24.3 Å². The van der Waals surface area contributed by atoms with Gasteiger partial charge in [0.05, 0.1) is 5.82 Å². The van der Waals surface area contributed by atoms with Crippen molar-refractivity contribution in [1.82, 2.24) is 0 Å². The molecule has 0 aromatic heterocycles. The van der Waals surface area contributed by atoms with Crippen molar-refractivity contribution in [3.8, 4) is 0 Å². The van der Waals surface area contributed by atoms with Gasteiger partial charge in [-0.2, -0.15) is 11.6 Å². The lowest BCUT2D eigenvalue weighted by Crippen LogP contribution is -1.91. The summed E-state index contributed by atoms with van der Waals surface area (Å²) in [7, 11) is 0. The Morgan fingerprint density at radius 3 is 2.67 bits per heavy atom. The summed E-state index contributed by atoms with van der Waals surface area (Å²) in [5.41, 5.74) is 5.83. The molecule has 0 atom stereocenters. The second-order valence-electron chi connectivity index (χ2n) is 1.72. The van der Waals surface area contributed by atoms with E-state index in [1.807, 2.05) is 0 Å². The van der Waals surface area contributed by atoms with Gasteiger partial charge in [0.2, 0.25) is 0 Å². The average Bonchev–Trinajstić information content (AvgIpc) is 1.88. The van der Waals surface area contributed by atoms with Crippen LogP contribution in [0.1, 0.15) is 5.56 Å². The van der Waals surface area contributed by atoms with E-state index in [-0.39, 0.29) is 5.82 Å². The maximum absolute atomic E-state index is 12.3. The molecular formula is C7H7FN-. The van der Waals surface area contributed by atoms with Gasteiger partial charge in [-0.05, 0) is 0 Å². The van der Waals surface area contributed by atoms with Crippen LogP contribution < -0.4 is 5.73 Å². The van der Waals surface area contributed by atoms with Crippen LogP contribution in [-0.4, -0.2) is 0 Å². The van der Waals surface area contributed by atoms with Gasteiger partial charge in [0, 0.05) is 0 Å². The second kappa shape index (κ2) is 2.51. The van der Waals surface area contributed by atoms with E-state index in [4.69, 9.17) is 5.73 Å². The molecule has 0 fully saturated rings. The topological polar surface area (TPSA) is 26.0 Å². The van der Waals surface area contributed by atoms with Crippen molar-refractivity contribution in [3.63, 3.8) is 0 Å². The Balaban J connectivity index is 2.94.